The van der Waals surface area contributed by atoms with Gasteiger partial charge in [0.15, 0.2) is 0 Å². The number of hydrogen-bond acceptors (Lipinski definition) is 4. The summed E-state index contributed by atoms with van der Waals surface area (Å²) in [6.07, 6.45) is 2.23. The highest BCUT2D eigenvalue weighted by Gasteiger charge is 2.39. The number of anilines is 1. The lowest BCUT2D eigenvalue weighted by molar-refractivity contribution is -0.138. The highest BCUT2D eigenvalue weighted by atomic mass is 35.5. The van der Waals surface area contributed by atoms with Crippen molar-refractivity contribution in [3.05, 3.63) is 28.8 Å². The van der Waals surface area contributed by atoms with Crippen LogP contribution >= 0.6 is 11.6 Å². The number of nitrogens with zero attached hydrogens (tertiary/aromatic N) is 1. The fraction of sp³-hybridized carbons (Fsp3) is 0.500. The van der Waals surface area contributed by atoms with Crippen LogP contribution in [-0.4, -0.2) is 41.6 Å². The minimum absolute atomic E-state index is 0.226. The number of halogens is 1. The van der Waals surface area contributed by atoms with Crippen molar-refractivity contribution in [2.24, 2.45) is 5.41 Å². The van der Waals surface area contributed by atoms with E-state index >= 15 is 0 Å². The summed E-state index contributed by atoms with van der Waals surface area (Å²) in [5.41, 5.74) is 5.84. The fourth-order valence-corrected chi connectivity index (χ4v) is 3.22. The van der Waals surface area contributed by atoms with Gasteiger partial charge in [-0.2, -0.15) is 0 Å². The lowest BCUT2D eigenvalue weighted by atomic mass is 9.85. The van der Waals surface area contributed by atoms with E-state index in [2.05, 4.69) is 5.32 Å². The van der Waals surface area contributed by atoms with Gasteiger partial charge in [-0.25, -0.2) is 0 Å². The Morgan fingerprint density at radius 3 is 2.64 bits per heavy atom. The molecule has 0 saturated carbocycles. The summed E-state index contributed by atoms with van der Waals surface area (Å²) in [6.45, 7) is 6.12. The summed E-state index contributed by atoms with van der Waals surface area (Å²) >= 11 is 6.09. The topological polar surface area (TPSA) is 92.5 Å². The van der Waals surface area contributed by atoms with Crippen molar-refractivity contribution in [2.45, 2.75) is 45.7 Å². The molecule has 0 spiro atoms. The molecule has 25 heavy (non-hydrogen) atoms. The molecule has 1 heterocycles. The molecule has 0 bridgehead atoms. The molecule has 1 aromatic carbocycles. The third-order valence-corrected chi connectivity index (χ3v) is 4.68. The molecule has 7 heteroatoms. The Labute approximate surface area is 152 Å². The molecule has 136 valence electrons. The maximum absolute atomic E-state index is 13.0. The largest absolute Gasteiger partial charge is 0.399 e. The number of nitrogens with two attached hydrogens (primary N) is 1. The predicted molar refractivity (Wildman–Crippen MR) is 97.4 cm³/mol. The Bertz CT molecular complexity index is 685. The zero-order valence-electron chi connectivity index (χ0n) is 14.7. The Morgan fingerprint density at radius 1 is 1.40 bits per heavy atom. The van der Waals surface area contributed by atoms with Gasteiger partial charge >= 0.3 is 0 Å². The van der Waals surface area contributed by atoms with Crippen LogP contribution < -0.4 is 11.1 Å². The number of nitrogen functional groups attached to an aromatic ring is 1. The zero-order chi connectivity index (χ0) is 18.8. The lowest BCUT2D eigenvalue weighted by Crippen LogP contribution is -2.55. The van der Waals surface area contributed by atoms with Gasteiger partial charge < -0.3 is 20.7 Å². The van der Waals surface area contributed by atoms with E-state index < -0.39 is 23.4 Å². The molecule has 1 aliphatic heterocycles. The van der Waals surface area contributed by atoms with Crippen LogP contribution in [0.3, 0.4) is 0 Å². The van der Waals surface area contributed by atoms with Crippen LogP contribution in [0, 0.1) is 5.41 Å². The molecular weight excluding hydrogens is 342 g/mol. The van der Waals surface area contributed by atoms with Gasteiger partial charge in [0.05, 0.1) is 16.6 Å². The molecule has 1 aliphatic rings. The van der Waals surface area contributed by atoms with Crippen LogP contribution in [0.15, 0.2) is 18.2 Å². The third-order valence-electron chi connectivity index (χ3n) is 4.37. The number of carbonyl (C=O) groups is 3. The molecule has 0 radical (unpaired) electrons. The number of benzene rings is 1. The lowest BCUT2D eigenvalue weighted by Gasteiger charge is -2.34. The van der Waals surface area contributed by atoms with Crippen LogP contribution in [0.2, 0.25) is 5.02 Å². The summed E-state index contributed by atoms with van der Waals surface area (Å²) in [5.74, 6) is -0.692. The highest BCUT2D eigenvalue weighted by Crippen LogP contribution is 2.26. The average Bonchev–Trinajstić information content (AvgIpc) is 2.99. The van der Waals surface area contributed by atoms with E-state index in [0.717, 1.165) is 12.7 Å². The van der Waals surface area contributed by atoms with E-state index in [9.17, 15) is 14.4 Å². The molecular formula is C18H24ClN3O3. The Morgan fingerprint density at radius 2 is 2.08 bits per heavy atom. The van der Waals surface area contributed by atoms with E-state index in [1.807, 2.05) is 20.8 Å². The molecule has 1 saturated heterocycles. The van der Waals surface area contributed by atoms with Gasteiger partial charge in [-0.05, 0) is 36.5 Å². The van der Waals surface area contributed by atoms with Gasteiger partial charge in [0.2, 0.25) is 5.91 Å². The second kappa shape index (κ2) is 7.44. The average molecular weight is 366 g/mol. The summed E-state index contributed by atoms with van der Waals surface area (Å²) in [6, 6.07) is 3.41. The van der Waals surface area contributed by atoms with Crippen LogP contribution in [0.5, 0.6) is 0 Å². The highest BCUT2D eigenvalue weighted by molar-refractivity contribution is 6.34. The van der Waals surface area contributed by atoms with Gasteiger partial charge in [0, 0.05) is 12.2 Å². The second-order valence-electron chi connectivity index (χ2n) is 7.39. The van der Waals surface area contributed by atoms with Gasteiger partial charge in [-0.1, -0.05) is 32.4 Å². The molecule has 2 rings (SSSR count). The van der Waals surface area contributed by atoms with Crippen LogP contribution in [0.25, 0.3) is 0 Å². The standard InChI is InChI=1S/C18H24ClN3O3/c1-18(2,3)15(17(25)22-8-4-5-12(22)10-23)21-16(24)13-7-6-11(20)9-14(13)19/h6-7,9-10,12,15H,4-5,8,20H2,1-3H3,(H,21,24)/t12-,15+/m0/s1. The first-order chi connectivity index (χ1) is 11.6. The van der Waals surface area contributed by atoms with Crippen LogP contribution in [0.4, 0.5) is 5.69 Å². The Balaban J connectivity index is 2.25. The van der Waals surface area contributed by atoms with Crippen molar-refractivity contribution in [3.63, 3.8) is 0 Å². The van der Waals surface area contributed by atoms with E-state index in [1.54, 1.807) is 11.0 Å². The predicted octanol–water partition coefficient (Wildman–Crippen LogP) is 2.26. The smallest absolute Gasteiger partial charge is 0.253 e. The molecule has 6 nitrogen and oxygen atoms in total. The van der Waals surface area contributed by atoms with Crippen LogP contribution in [-0.2, 0) is 9.59 Å². The molecule has 0 aromatic heterocycles. The molecule has 1 fully saturated rings. The van der Waals surface area contributed by atoms with Crippen LogP contribution in [0.1, 0.15) is 44.0 Å². The fourth-order valence-electron chi connectivity index (χ4n) is 2.95. The van der Waals surface area contributed by atoms with Crippen molar-refractivity contribution in [1.82, 2.24) is 10.2 Å². The van der Waals surface area contributed by atoms with Crippen molar-refractivity contribution < 1.29 is 14.4 Å². The van der Waals surface area contributed by atoms with Crippen molar-refractivity contribution in [2.75, 3.05) is 12.3 Å². The number of hydrogen-bond donors (Lipinski definition) is 2. The monoisotopic (exact) mass is 365 g/mol. The summed E-state index contributed by atoms with van der Waals surface area (Å²) < 4.78 is 0. The number of likely N-dealkylation sites (tertiary alicyclic amines) is 1. The van der Waals surface area contributed by atoms with E-state index in [4.69, 9.17) is 17.3 Å². The summed E-state index contributed by atoms with van der Waals surface area (Å²) in [7, 11) is 0. The molecule has 0 aliphatic carbocycles. The molecule has 2 amide bonds. The first-order valence-electron chi connectivity index (χ1n) is 8.27. The first kappa shape index (κ1) is 19.2. The minimum Gasteiger partial charge on any atom is -0.399 e. The van der Waals surface area contributed by atoms with E-state index in [-0.39, 0.29) is 16.5 Å². The van der Waals surface area contributed by atoms with Crippen molar-refractivity contribution >= 4 is 35.4 Å². The molecule has 2 atom stereocenters. The zero-order valence-corrected chi connectivity index (χ0v) is 15.5. The minimum atomic E-state index is -0.769. The number of rotatable bonds is 4. The van der Waals surface area contributed by atoms with Gasteiger partial charge in [-0.3, -0.25) is 9.59 Å². The SMILES string of the molecule is CC(C)(C)[C@H](NC(=O)c1ccc(N)cc1Cl)C(=O)N1CCC[C@H]1C=O. The van der Waals surface area contributed by atoms with Gasteiger partial charge in [0.25, 0.3) is 5.91 Å². The summed E-state index contributed by atoms with van der Waals surface area (Å²) in [5, 5.41) is 3.01. The third kappa shape index (κ3) is 4.31. The Kier molecular flexibility index (Phi) is 5.72. The number of carbonyl (C=O) groups excluding carboxylic acids is 3. The number of amides is 2. The molecule has 0 unspecified atom stereocenters. The van der Waals surface area contributed by atoms with Gasteiger partial charge in [-0.15, -0.1) is 0 Å². The normalized spacial score (nSPS) is 18.7. The maximum atomic E-state index is 13.0. The number of aldehydes is 1. The Hall–Kier alpha value is -2.08. The quantitative estimate of drug-likeness (QED) is 0.632. The van der Waals surface area contributed by atoms with Crippen molar-refractivity contribution in [1.29, 1.82) is 0 Å². The van der Waals surface area contributed by atoms with Gasteiger partial charge in [0.1, 0.15) is 12.3 Å². The maximum Gasteiger partial charge on any atom is 0.253 e. The molecule has 3 N–H and O–H groups in total. The summed E-state index contributed by atoms with van der Waals surface area (Å²) in [4.78, 5) is 38.3. The van der Waals surface area contributed by atoms with E-state index in [1.165, 1.54) is 12.1 Å². The molecule has 1 aromatic rings. The number of nitrogens with one attached hydrogen (secondary N) is 1. The second-order valence-corrected chi connectivity index (χ2v) is 7.80. The van der Waals surface area contributed by atoms with E-state index in [0.29, 0.717) is 18.7 Å². The first-order valence-corrected chi connectivity index (χ1v) is 8.64. The van der Waals surface area contributed by atoms with Crippen molar-refractivity contribution in [3.8, 4) is 0 Å².